The largest absolute Gasteiger partial charge is 0.508 e. The number of phenolic OH excluding ortho intramolecular Hbond substituents is 1. The third-order valence-electron chi connectivity index (χ3n) is 5.84. The van der Waals surface area contributed by atoms with Crippen molar-refractivity contribution in [2.75, 3.05) is 0 Å². The van der Waals surface area contributed by atoms with Crippen LogP contribution in [-0.4, -0.2) is 51.6 Å². The van der Waals surface area contributed by atoms with Crippen LogP contribution in [0.1, 0.15) is 99.6 Å². The number of phenols is 1. The summed E-state index contributed by atoms with van der Waals surface area (Å²) in [5, 5.41) is 16.0. The van der Waals surface area contributed by atoms with Gasteiger partial charge >= 0.3 is 6.09 Å². The van der Waals surface area contributed by atoms with Crippen molar-refractivity contribution in [3.05, 3.63) is 29.8 Å². The van der Waals surface area contributed by atoms with E-state index in [1.807, 2.05) is 41.5 Å². The zero-order chi connectivity index (χ0) is 27.6. The summed E-state index contributed by atoms with van der Waals surface area (Å²) in [6.07, 6.45) is 2.00. The number of rotatable bonds is 12. The van der Waals surface area contributed by atoms with Gasteiger partial charge in [-0.25, -0.2) is 4.79 Å². The molecule has 204 valence electrons. The molecule has 0 radical (unpaired) electrons. The zero-order valence-electron chi connectivity index (χ0n) is 23.6. The fourth-order valence-corrected chi connectivity index (χ4v) is 4.08. The minimum Gasteiger partial charge on any atom is -0.508 e. The van der Waals surface area contributed by atoms with Crippen LogP contribution in [0.2, 0.25) is 0 Å². The van der Waals surface area contributed by atoms with Crippen molar-refractivity contribution in [2.24, 2.45) is 5.92 Å². The molecule has 0 fully saturated rings. The first kappa shape index (κ1) is 31.3. The fraction of sp³-hybridized carbons (Fsp3) is 0.679. The van der Waals surface area contributed by atoms with Crippen molar-refractivity contribution in [3.63, 3.8) is 0 Å². The van der Waals surface area contributed by atoms with E-state index >= 15 is 0 Å². The minimum atomic E-state index is -0.978. The number of hydrogen-bond donors (Lipinski definition) is 3. The van der Waals surface area contributed by atoms with Crippen LogP contribution < -0.4 is 10.6 Å². The highest BCUT2D eigenvalue weighted by Gasteiger charge is 2.39. The van der Waals surface area contributed by atoms with Gasteiger partial charge in [0, 0.05) is 12.1 Å². The highest BCUT2D eigenvalue weighted by Crippen LogP contribution is 2.29. The van der Waals surface area contributed by atoms with Crippen LogP contribution in [0, 0.1) is 5.92 Å². The lowest BCUT2D eigenvalue weighted by molar-refractivity contribution is -0.145. The van der Waals surface area contributed by atoms with Gasteiger partial charge < -0.3 is 25.4 Å². The molecule has 0 heterocycles. The van der Waals surface area contributed by atoms with Gasteiger partial charge in [0.1, 0.15) is 23.4 Å². The number of alkyl carbamates (subject to hydrolysis) is 1. The topological polar surface area (TPSA) is 108 Å². The predicted molar refractivity (Wildman–Crippen MR) is 143 cm³/mol. The first-order chi connectivity index (χ1) is 16.7. The second kappa shape index (κ2) is 14.1. The molecule has 0 bridgehead atoms. The Hall–Kier alpha value is -2.77. The molecule has 1 rings (SSSR count). The summed E-state index contributed by atoms with van der Waals surface area (Å²) in [4.78, 5) is 42.0. The van der Waals surface area contributed by atoms with E-state index in [-0.39, 0.29) is 35.6 Å². The number of hydrogen-bond acceptors (Lipinski definition) is 5. The first-order valence-electron chi connectivity index (χ1n) is 13.1. The van der Waals surface area contributed by atoms with Crippen molar-refractivity contribution in [2.45, 2.75) is 118 Å². The highest BCUT2D eigenvalue weighted by atomic mass is 16.6. The average Bonchev–Trinajstić information content (AvgIpc) is 2.74. The van der Waals surface area contributed by atoms with Crippen LogP contribution in [0.5, 0.6) is 5.75 Å². The molecule has 0 saturated heterocycles. The Kier molecular flexibility index (Phi) is 12.2. The molecule has 1 aromatic rings. The van der Waals surface area contributed by atoms with E-state index in [1.54, 1.807) is 37.8 Å². The number of ether oxygens (including phenoxy) is 1. The van der Waals surface area contributed by atoms with E-state index in [0.29, 0.717) is 18.4 Å². The summed E-state index contributed by atoms with van der Waals surface area (Å²) in [5.74, 6) is -0.578. The molecule has 8 nitrogen and oxygen atoms in total. The lowest BCUT2D eigenvalue weighted by atomic mass is 9.96. The van der Waals surface area contributed by atoms with Crippen molar-refractivity contribution in [1.82, 2.24) is 15.5 Å². The van der Waals surface area contributed by atoms with Gasteiger partial charge in [-0.1, -0.05) is 46.2 Å². The van der Waals surface area contributed by atoms with E-state index in [9.17, 15) is 19.5 Å². The number of nitrogens with zero attached hydrogens (tertiary/aromatic N) is 1. The van der Waals surface area contributed by atoms with Crippen LogP contribution in [0.25, 0.3) is 0 Å². The van der Waals surface area contributed by atoms with Crippen LogP contribution in [0.3, 0.4) is 0 Å². The molecule has 36 heavy (non-hydrogen) atoms. The van der Waals surface area contributed by atoms with E-state index in [2.05, 4.69) is 10.6 Å². The maximum absolute atomic E-state index is 14.1. The van der Waals surface area contributed by atoms with Crippen LogP contribution in [-0.2, 0) is 14.3 Å². The van der Waals surface area contributed by atoms with Gasteiger partial charge in [0.05, 0.1) is 0 Å². The monoisotopic (exact) mass is 505 g/mol. The third kappa shape index (κ3) is 10.1. The summed E-state index contributed by atoms with van der Waals surface area (Å²) in [6, 6.07) is 4.17. The van der Waals surface area contributed by atoms with Gasteiger partial charge in [-0.3, -0.25) is 9.59 Å². The highest BCUT2D eigenvalue weighted by molar-refractivity contribution is 5.92. The maximum atomic E-state index is 14.1. The van der Waals surface area contributed by atoms with Gasteiger partial charge in [0.25, 0.3) is 0 Å². The van der Waals surface area contributed by atoms with Crippen LogP contribution in [0.4, 0.5) is 4.79 Å². The molecule has 0 saturated carbocycles. The van der Waals surface area contributed by atoms with Gasteiger partial charge in [-0.2, -0.15) is 0 Å². The van der Waals surface area contributed by atoms with E-state index in [0.717, 1.165) is 12.8 Å². The van der Waals surface area contributed by atoms with Gasteiger partial charge in [0.2, 0.25) is 11.8 Å². The molecular formula is C28H47N3O5. The number of amides is 3. The Morgan fingerprint density at radius 3 is 2.19 bits per heavy atom. The van der Waals surface area contributed by atoms with Crippen molar-refractivity contribution in [1.29, 1.82) is 0 Å². The molecule has 1 aromatic carbocycles. The number of carbonyl (C=O) groups is 3. The van der Waals surface area contributed by atoms with Gasteiger partial charge in [-0.05, 0) is 77.5 Å². The Balaban J connectivity index is 3.53. The molecule has 0 spiro atoms. The Morgan fingerprint density at radius 2 is 1.69 bits per heavy atom. The Labute approximate surface area is 217 Å². The molecule has 4 unspecified atom stereocenters. The minimum absolute atomic E-state index is 0.00840. The molecule has 0 aliphatic rings. The molecule has 0 aromatic heterocycles. The summed E-state index contributed by atoms with van der Waals surface area (Å²) in [6.45, 7) is 17.0. The van der Waals surface area contributed by atoms with Crippen LogP contribution >= 0.6 is 0 Å². The molecule has 0 aliphatic carbocycles. The second-order valence-corrected chi connectivity index (χ2v) is 11.0. The molecule has 0 aliphatic heterocycles. The molecule has 3 amide bonds. The number of aromatic hydroxyl groups is 1. The van der Waals surface area contributed by atoms with E-state index < -0.39 is 23.8 Å². The zero-order valence-corrected chi connectivity index (χ0v) is 23.6. The number of carbonyl (C=O) groups excluding carboxylic acids is 3. The van der Waals surface area contributed by atoms with Crippen LogP contribution in [0.15, 0.2) is 24.3 Å². The lowest BCUT2D eigenvalue weighted by Gasteiger charge is -2.39. The summed E-state index contributed by atoms with van der Waals surface area (Å²) in [5.41, 5.74) is -0.212. The molecule has 8 heteroatoms. The summed E-state index contributed by atoms with van der Waals surface area (Å²) < 4.78 is 5.42. The molecule has 3 N–H and O–H groups in total. The van der Waals surface area contributed by atoms with Gasteiger partial charge in [-0.15, -0.1) is 0 Å². The second-order valence-electron chi connectivity index (χ2n) is 11.0. The number of benzene rings is 1. The molecule has 4 atom stereocenters. The quantitative estimate of drug-likeness (QED) is 0.357. The lowest BCUT2D eigenvalue weighted by Crippen LogP contribution is -2.56. The van der Waals surface area contributed by atoms with Crippen molar-refractivity contribution < 1.29 is 24.2 Å². The smallest absolute Gasteiger partial charge is 0.408 e. The average molecular weight is 506 g/mol. The Bertz CT molecular complexity index is 865. The Morgan fingerprint density at radius 1 is 1.06 bits per heavy atom. The normalized spacial score (nSPS) is 14.9. The maximum Gasteiger partial charge on any atom is 0.408 e. The summed E-state index contributed by atoms with van der Waals surface area (Å²) >= 11 is 0. The first-order valence-corrected chi connectivity index (χ1v) is 13.1. The standard InChI is InChI=1S/C28H47N3O5/c1-10-13-19(5)29-25(33)24(21-14-12-15-22(32)17-21)31(20(6)11-2)26(34)23(16-18(3)4)30-27(35)36-28(7,8)9/h12,14-15,17-20,23-24,32H,10-11,13,16H2,1-9H3,(H,29,33)(H,30,35). The van der Waals surface area contributed by atoms with E-state index in [1.165, 1.54) is 12.1 Å². The summed E-state index contributed by atoms with van der Waals surface area (Å²) in [7, 11) is 0. The third-order valence-corrected chi connectivity index (χ3v) is 5.84. The van der Waals surface area contributed by atoms with E-state index in [4.69, 9.17) is 4.74 Å². The van der Waals surface area contributed by atoms with Crippen molar-refractivity contribution >= 4 is 17.9 Å². The van der Waals surface area contributed by atoms with Gasteiger partial charge in [0.15, 0.2) is 0 Å². The van der Waals surface area contributed by atoms with Crippen molar-refractivity contribution in [3.8, 4) is 5.75 Å². The fourth-order valence-electron chi connectivity index (χ4n) is 4.08. The SMILES string of the molecule is CCCC(C)NC(=O)C(c1cccc(O)c1)N(C(=O)C(CC(C)C)NC(=O)OC(C)(C)C)C(C)CC. The predicted octanol–water partition coefficient (Wildman–Crippen LogP) is 5.30. The molecular weight excluding hydrogens is 458 g/mol. The number of nitrogens with one attached hydrogen (secondary N) is 2.